The van der Waals surface area contributed by atoms with Gasteiger partial charge in [0.2, 0.25) is 5.91 Å². The van der Waals surface area contributed by atoms with Gasteiger partial charge in [-0.2, -0.15) is 0 Å². The minimum atomic E-state index is -0.321. The summed E-state index contributed by atoms with van der Waals surface area (Å²) in [7, 11) is 0. The summed E-state index contributed by atoms with van der Waals surface area (Å²) in [6.45, 7) is 1.82. The molecular formula is C29H25N3O5. The number of fused-ring (bicyclic) bond motifs is 3. The molecule has 3 aromatic carbocycles. The molecule has 2 heterocycles. The van der Waals surface area contributed by atoms with Gasteiger partial charge in [-0.1, -0.05) is 42.5 Å². The predicted octanol–water partition coefficient (Wildman–Crippen LogP) is 4.02. The summed E-state index contributed by atoms with van der Waals surface area (Å²) in [6, 6.07) is 19.4. The van der Waals surface area contributed by atoms with Crippen molar-refractivity contribution in [2.45, 2.75) is 25.5 Å². The molecule has 3 aliphatic rings. The topological polar surface area (TPSA) is 96.0 Å². The molecule has 8 nitrogen and oxygen atoms in total. The van der Waals surface area contributed by atoms with Crippen LogP contribution in [-0.4, -0.2) is 54.1 Å². The molecule has 0 bridgehead atoms. The van der Waals surface area contributed by atoms with Crippen LogP contribution in [0.15, 0.2) is 66.7 Å². The largest absolute Gasteiger partial charge is 0.444 e. The van der Waals surface area contributed by atoms with Gasteiger partial charge in [-0.15, -0.1) is 0 Å². The lowest BCUT2D eigenvalue weighted by Crippen LogP contribution is -2.50. The number of piperidine rings is 1. The highest BCUT2D eigenvalue weighted by molar-refractivity contribution is 6.28. The van der Waals surface area contributed by atoms with Gasteiger partial charge in [0.25, 0.3) is 0 Å². The van der Waals surface area contributed by atoms with Crippen molar-refractivity contribution in [1.29, 1.82) is 0 Å². The Balaban J connectivity index is 1.09. The van der Waals surface area contributed by atoms with Crippen molar-refractivity contribution >= 4 is 34.9 Å². The maximum Gasteiger partial charge on any atom is 0.414 e. The number of nitrogens with one attached hydrogen (secondary N) is 1. The van der Waals surface area contributed by atoms with Crippen LogP contribution >= 0.6 is 0 Å². The van der Waals surface area contributed by atoms with Crippen molar-refractivity contribution < 1.29 is 23.9 Å². The molecule has 0 unspecified atom stereocenters. The summed E-state index contributed by atoms with van der Waals surface area (Å²) < 4.78 is 5.37. The van der Waals surface area contributed by atoms with Crippen molar-refractivity contribution in [3.8, 4) is 0 Å². The maximum absolute atomic E-state index is 13.0. The fraction of sp³-hybridized carbons (Fsp3) is 0.241. The van der Waals surface area contributed by atoms with Crippen LogP contribution in [0.3, 0.4) is 0 Å². The zero-order valence-corrected chi connectivity index (χ0v) is 20.1. The first-order chi connectivity index (χ1) is 18.0. The lowest BCUT2D eigenvalue weighted by atomic mass is 9.84. The molecule has 2 amide bonds. The molecule has 0 atom stereocenters. The van der Waals surface area contributed by atoms with Crippen molar-refractivity contribution in [2.24, 2.45) is 0 Å². The molecule has 0 radical (unpaired) electrons. The highest BCUT2D eigenvalue weighted by atomic mass is 16.6. The van der Waals surface area contributed by atoms with Gasteiger partial charge in [0.1, 0.15) is 6.61 Å². The number of carbonyl (C=O) groups is 4. The Bertz CT molecular complexity index is 1440. The first-order valence-corrected chi connectivity index (χ1v) is 12.4. The van der Waals surface area contributed by atoms with Crippen LogP contribution in [-0.2, 0) is 16.1 Å². The molecule has 0 aromatic heterocycles. The Morgan fingerprint density at radius 1 is 0.838 bits per heavy atom. The van der Waals surface area contributed by atoms with E-state index in [0.717, 1.165) is 24.1 Å². The summed E-state index contributed by atoms with van der Waals surface area (Å²) in [5.74, 6) is -0.608. The molecule has 1 aliphatic carbocycles. The van der Waals surface area contributed by atoms with Crippen LogP contribution in [0.2, 0.25) is 0 Å². The summed E-state index contributed by atoms with van der Waals surface area (Å²) in [5, 5.41) is 2.86. The average molecular weight is 496 g/mol. The number of cyclic esters (lactones) is 1. The van der Waals surface area contributed by atoms with Crippen molar-refractivity contribution in [1.82, 2.24) is 4.90 Å². The Morgan fingerprint density at radius 3 is 2.24 bits per heavy atom. The van der Waals surface area contributed by atoms with Gasteiger partial charge in [-0.25, -0.2) is 4.79 Å². The summed E-state index contributed by atoms with van der Waals surface area (Å²) in [4.78, 5) is 54.9. The fourth-order valence-corrected chi connectivity index (χ4v) is 5.44. The van der Waals surface area contributed by atoms with Crippen LogP contribution in [0.25, 0.3) is 0 Å². The van der Waals surface area contributed by atoms with E-state index in [-0.39, 0.29) is 36.2 Å². The number of hydrogen-bond donors (Lipinski definition) is 1. The van der Waals surface area contributed by atoms with Crippen molar-refractivity contribution in [3.63, 3.8) is 0 Å². The van der Waals surface area contributed by atoms with E-state index in [1.54, 1.807) is 47.4 Å². The number of benzene rings is 3. The van der Waals surface area contributed by atoms with E-state index in [1.807, 2.05) is 24.3 Å². The summed E-state index contributed by atoms with van der Waals surface area (Å²) >= 11 is 0. The molecule has 2 aliphatic heterocycles. The fourth-order valence-electron chi connectivity index (χ4n) is 5.44. The number of hydrogen-bond acceptors (Lipinski definition) is 6. The Labute approximate surface area is 213 Å². The first kappa shape index (κ1) is 23.1. The van der Waals surface area contributed by atoms with Crippen molar-refractivity contribution in [3.05, 3.63) is 94.5 Å². The number of para-hydroxylation sites is 1. The standard InChI is InChI=1S/C29H25N3O5/c33-26(30-19-9-10-23-24(15-19)28(35)22-7-3-2-6-21(22)27(23)34)16-31-13-11-20(12-14-31)32-25-8-4-1-5-18(25)17-37-29(32)36/h1-10,15,20H,11-14,16-17H2,(H,30,33). The molecule has 8 heteroatoms. The third kappa shape index (κ3) is 4.19. The number of amides is 2. The zero-order chi connectivity index (χ0) is 25.5. The van der Waals surface area contributed by atoms with Gasteiger partial charge >= 0.3 is 6.09 Å². The Hall–Kier alpha value is -4.30. The Morgan fingerprint density at radius 2 is 1.49 bits per heavy atom. The minimum Gasteiger partial charge on any atom is -0.444 e. The van der Waals surface area contributed by atoms with E-state index in [2.05, 4.69) is 10.2 Å². The molecule has 3 aromatic rings. The quantitative estimate of drug-likeness (QED) is 0.460. The normalized spacial score (nSPS) is 17.5. The van der Waals surface area contributed by atoms with Crippen LogP contribution in [0, 0.1) is 0 Å². The van der Waals surface area contributed by atoms with Gasteiger partial charge in [0.15, 0.2) is 11.6 Å². The molecule has 37 heavy (non-hydrogen) atoms. The van der Waals surface area contributed by atoms with E-state index < -0.39 is 0 Å². The van der Waals surface area contributed by atoms with Gasteiger partial charge in [-0.05, 0) is 37.1 Å². The molecule has 1 N–H and O–H groups in total. The first-order valence-electron chi connectivity index (χ1n) is 12.4. The zero-order valence-electron chi connectivity index (χ0n) is 20.1. The highest BCUT2D eigenvalue weighted by Gasteiger charge is 2.34. The van der Waals surface area contributed by atoms with Gasteiger partial charge in [0, 0.05) is 52.6 Å². The molecule has 1 saturated heterocycles. The van der Waals surface area contributed by atoms with Crippen molar-refractivity contribution in [2.75, 3.05) is 29.9 Å². The van der Waals surface area contributed by atoms with E-state index in [0.29, 0.717) is 47.6 Å². The summed E-state index contributed by atoms with van der Waals surface area (Å²) in [6.07, 6.45) is 1.13. The van der Waals surface area contributed by atoms with Crippen LogP contribution in [0.1, 0.15) is 50.2 Å². The lowest BCUT2D eigenvalue weighted by Gasteiger charge is -2.40. The third-order valence-corrected chi connectivity index (χ3v) is 7.30. The van der Waals surface area contributed by atoms with Gasteiger partial charge < -0.3 is 10.1 Å². The highest BCUT2D eigenvalue weighted by Crippen LogP contribution is 2.32. The van der Waals surface area contributed by atoms with Crippen LogP contribution in [0.4, 0.5) is 16.2 Å². The average Bonchev–Trinajstić information content (AvgIpc) is 2.92. The predicted molar refractivity (Wildman–Crippen MR) is 137 cm³/mol. The number of ether oxygens (including phenoxy) is 1. The second-order valence-corrected chi connectivity index (χ2v) is 9.57. The molecule has 6 rings (SSSR count). The Kier molecular flexibility index (Phi) is 5.81. The maximum atomic E-state index is 13.0. The SMILES string of the molecule is O=C(CN1CCC(N2C(=O)OCc3ccccc32)CC1)Nc1ccc2c(c1)C(=O)c1ccccc1C2=O. The monoisotopic (exact) mass is 495 g/mol. The van der Waals surface area contributed by atoms with Gasteiger partial charge in [0.05, 0.1) is 12.2 Å². The third-order valence-electron chi connectivity index (χ3n) is 7.30. The lowest BCUT2D eigenvalue weighted by molar-refractivity contribution is -0.117. The molecular weight excluding hydrogens is 470 g/mol. The number of rotatable bonds is 4. The van der Waals surface area contributed by atoms with Gasteiger partial charge in [-0.3, -0.25) is 24.2 Å². The van der Waals surface area contributed by atoms with E-state index in [9.17, 15) is 19.2 Å². The van der Waals surface area contributed by atoms with E-state index >= 15 is 0 Å². The number of nitrogens with zero attached hydrogens (tertiary/aromatic N) is 2. The van der Waals surface area contributed by atoms with E-state index in [1.165, 1.54) is 0 Å². The van der Waals surface area contributed by atoms with Crippen LogP contribution < -0.4 is 10.2 Å². The second kappa shape index (κ2) is 9.29. The molecule has 0 spiro atoms. The molecule has 1 fully saturated rings. The number of likely N-dealkylation sites (tertiary alicyclic amines) is 1. The molecule has 0 saturated carbocycles. The summed E-state index contributed by atoms with van der Waals surface area (Å²) in [5.41, 5.74) is 3.81. The number of ketones is 2. The number of anilines is 2. The molecule has 186 valence electrons. The van der Waals surface area contributed by atoms with Crippen LogP contribution in [0.5, 0.6) is 0 Å². The minimum absolute atomic E-state index is 0.0142. The smallest absolute Gasteiger partial charge is 0.414 e. The second-order valence-electron chi connectivity index (χ2n) is 9.57. The van der Waals surface area contributed by atoms with E-state index in [4.69, 9.17) is 4.74 Å². The number of carbonyl (C=O) groups excluding carboxylic acids is 4.